The zero-order valence-corrected chi connectivity index (χ0v) is 18.0. The number of nitrogens with zero attached hydrogens (tertiary/aromatic N) is 2. The normalized spacial score (nSPS) is 10.7. The van der Waals surface area contributed by atoms with Gasteiger partial charge in [0.05, 0.1) is 12.0 Å². The average molecular weight is 484 g/mol. The van der Waals surface area contributed by atoms with Crippen LogP contribution in [-0.4, -0.2) is 31.6 Å². The van der Waals surface area contributed by atoms with E-state index in [1.54, 1.807) is 26.3 Å². The first-order valence-electron chi connectivity index (χ1n) is 8.35. The van der Waals surface area contributed by atoms with E-state index in [-0.39, 0.29) is 29.7 Å². The summed E-state index contributed by atoms with van der Waals surface area (Å²) in [6, 6.07) is 12.6. The monoisotopic (exact) mass is 484 g/mol. The quantitative estimate of drug-likeness (QED) is 0.207. The third kappa shape index (κ3) is 7.05. The number of hydrogen-bond acceptors (Lipinski definition) is 4. The molecule has 2 N–H and O–H groups in total. The van der Waals surface area contributed by atoms with Crippen LogP contribution in [0.4, 0.5) is 5.69 Å². The van der Waals surface area contributed by atoms with Crippen molar-refractivity contribution in [3.8, 4) is 5.75 Å². The van der Waals surface area contributed by atoms with E-state index in [1.807, 2.05) is 12.1 Å². The predicted octanol–water partition coefficient (Wildman–Crippen LogP) is 3.44. The summed E-state index contributed by atoms with van der Waals surface area (Å²) in [5.41, 5.74) is 3.37. The lowest BCUT2D eigenvalue weighted by Crippen LogP contribution is -2.37. The Labute approximate surface area is 176 Å². The van der Waals surface area contributed by atoms with Gasteiger partial charge in [-0.3, -0.25) is 15.1 Å². The minimum Gasteiger partial charge on any atom is -0.496 e. The highest BCUT2D eigenvalue weighted by Gasteiger charge is 2.06. The minimum absolute atomic E-state index is 0. The van der Waals surface area contributed by atoms with E-state index >= 15 is 0 Å². The van der Waals surface area contributed by atoms with Gasteiger partial charge in [-0.2, -0.15) is 0 Å². The molecule has 0 aliphatic heterocycles. The fourth-order valence-electron chi connectivity index (χ4n) is 2.56. The van der Waals surface area contributed by atoms with Crippen molar-refractivity contribution in [2.24, 2.45) is 4.99 Å². The summed E-state index contributed by atoms with van der Waals surface area (Å²) in [6.45, 7) is 3.30. The first-order chi connectivity index (χ1) is 12.5. The number of nitrogens with one attached hydrogen (secondary N) is 2. The number of hydrogen-bond donors (Lipinski definition) is 2. The lowest BCUT2D eigenvalue weighted by molar-refractivity contribution is -0.384. The molecule has 0 aliphatic rings. The molecular formula is C19H25IN4O3. The highest BCUT2D eigenvalue weighted by Crippen LogP contribution is 2.19. The maximum absolute atomic E-state index is 10.7. The molecule has 0 fully saturated rings. The topological polar surface area (TPSA) is 88.8 Å². The van der Waals surface area contributed by atoms with Gasteiger partial charge < -0.3 is 15.4 Å². The van der Waals surface area contributed by atoms with Crippen LogP contribution in [0.25, 0.3) is 0 Å². The van der Waals surface area contributed by atoms with Crippen LogP contribution < -0.4 is 15.4 Å². The van der Waals surface area contributed by atoms with Crippen LogP contribution in [0.1, 0.15) is 16.7 Å². The second-order valence-electron chi connectivity index (χ2n) is 5.84. The molecule has 0 amide bonds. The van der Waals surface area contributed by atoms with E-state index in [2.05, 4.69) is 28.6 Å². The van der Waals surface area contributed by atoms with Crippen LogP contribution in [-0.2, 0) is 13.0 Å². The Morgan fingerprint density at radius 3 is 2.48 bits per heavy atom. The maximum Gasteiger partial charge on any atom is 0.269 e. The molecule has 146 valence electrons. The first-order valence-corrected chi connectivity index (χ1v) is 8.35. The van der Waals surface area contributed by atoms with Crippen LogP contribution in [0, 0.1) is 17.0 Å². The molecule has 27 heavy (non-hydrogen) atoms. The molecule has 0 unspecified atom stereocenters. The van der Waals surface area contributed by atoms with E-state index in [9.17, 15) is 10.1 Å². The Morgan fingerprint density at radius 1 is 1.19 bits per heavy atom. The molecule has 8 heteroatoms. The SMILES string of the molecule is CN=C(NCCc1cc(C)ccc1OC)NCc1ccc([N+](=O)[O-])cc1.I. The highest BCUT2D eigenvalue weighted by molar-refractivity contribution is 14.0. The van der Waals surface area contributed by atoms with Crippen molar-refractivity contribution in [3.63, 3.8) is 0 Å². The number of nitro benzene ring substituents is 1. The fraction of sp³-hybridized carbons (Fsp3) is 0.316. The van der Waals surface area contributed by atoms with E-state index in [1.165, 1.54) is 17.7 Å². The number of nitro groups is 1. The molecule has 0 radical (unpaired) electrons. The van der Waals surface area contributed by atoms with Crippen molar-refractivity contribution in [1.29, 1.82) is 0 Å². The molecule has 2 aromatic carbocycles. The molecule has 0 aromatic heterocycles. The van der Waals surface area contributed by atoms with Crippen LogP contribution >= 0.6 is 24.0 Å². The summed E-state index contributed by atoms with van der Waals surface area (Å²) in [6.07, 6.45) is 0.809. The van der Waals surface area contributed by atoms with Gasteiger partial charge in [-0.15, -0.1) is 24.0 Å². The van der Waals surface area contributed by atoms with Crippen LogP contribution in [0.15, 0.2) is 47.5 Å². The molecule has 0 saturated carbocycles. The first kappa shape index (κ1) is 22.7. The lowest BCUT2D eigenvalue weighted by Gasteiger charge is -2.13. The zero-order valence-electron chi connectivity index (χ0n) is 15.7. The molecular weight excluding hydrogens is 459 g/mol. The van der Waals surface area contributed by atoms with Gasteiger partial charge >= 0.3 is 0 Å². The van der Waals surface area contributed by atoms with Gasteiger partial charge in [0.25, 0.3) is 5.69 Å². The molecule has 0 spiro atoms. The summed E-state index contributed by atoms with van der Waals surface area (Å²) in [5.74, 6) is 1.56. The Bertz CT molecular complexity index is 779. The lowest BCUT2D eigenvalue weighted by atomic mass is 10.1. The number of non-ortho nitro benzene ring substituents is 1. The second-order valence-corrected chi connectivity index (χ2v) is 5.84. The number of ether oxygens (including phenoxy) is 1. The molecule has 0 atom stereocenters. The number of guanidine groups is 1. The molecule has 7 nitrogen and oxygen atoms in total. The van der Waals surface area contributed by atoms with Crippen molar-refractivity contribution < 1.29 is 9.66 Å². The second kappa shape index (κ2) is 11.4. The largest absolute Gasteiger partial charge is 0.496 e. The van der Waals surface area contributed by atoms with E-state index in [4.69, 9.17) is 4.74 Å². The number of aliphatic imine (C=N–C) groups is 1. The Morgan fingerprint density at radius 2 is 1.89 bits per heavy atom. The van der Waals surface area contributed by atoms with Crippen molar-refractivity contribution in [2.75, 3.05) is 20.7 Å². The smallest absolute Gasteiger partial charge is 0.269 e. The number of rotatable bonds is 7. The fourth-order valence-corrected chi connectivity index (χ4v) is 2.56. The standard InChI is InChI=1S/C19H24N4O3.HI/c1-14-4-9-18(26-3)16(12-14)10-11-21-19(20-2)22-13-15-5-7-17(8-6-15)23(24)25;/h4-9,12H,10-11,13H2,1-3H3,(H2,20,21,22);1H. The third-order valence-corrected chi connectivity index (χ3v) is 3.95. The summed E-state index contributed by atoms with van der Waals surface area (Å²) < 4.78 is 5.39. The highest BCUT2D eigenvalue weighted by atomic mass is 127. The van der Waals surface area contributed by atoms with Gasteiger partial charge in [-0.1, -0.05) is 29.8 Å². The molecule has 0 heterocycles. The van der Waals surface area contributed by atoms with Crippen molar-refractivity contribution in [2.45, 2.75) is 19.9 Å². The average Bonchev–Trinajstić information content (AvgIpc) is 2.65. The van der Waals surface area contributed by atoms with Gasteiger partial charge in [-0.25, -0.2) is 0 Å². The Hall–Kier alpha value is -2.36. The van der Waals surface area contributed by atoms with E-state index < -0.39 is 4.92 Å². The van der Waals surface area contributed by atoms with Gasteiger partial charge in [-0.05, 0) is 30.5 Å². The molecule has 0 saturated heterocycles. The summed E-state index contributed by atoms with van der Waals surface area (Å²) >= 11 is 0. The molecule has 0 aliphatic carbocycles. The maximum atomic E-state index is 10.7. The van der Waals surface area contributed by atoms with Gasteiger partial charge in [0, 0.05) is 32.3 Å². The third-order valence-electron chi connectivity index (χ3n) is 3.95. The number of aryl methyl sites for hydroxylation is 1. The van der Waals surface area contributed by atoms with Crippen molar-refractivity contribution in [3.05, 3.63) is 69.3 Å². The zero-order chi connectivity index (χ0) is 18.9. The molecule has 2 aromatic rings. The van der Waals surface area contributed by atoms with Gasteiger partial charge in [0.1, 0.15) is 5.75 Å². The van der Waals surface area contributed by atoms with Crippen LogP contribution in [0.5, 0.6) is 5.75 Å². The number of halogens is 1. The summed E-state index contributed by atoms with van der Waals surface area (Å²) in [5, 5.41) is 17.1. The molecule has 2 rings (SSSR count). The van der Waals surface area contributed by atoms with E-state index in [0.717, 1.165) is 23.3 Å². The van der Waals surface area contributed by atoms with Crippen LogP contribution in [0.2, 0.25) is 0 Å². The summed E-state index contributed by atoms with van der Waals surface area (Å²) in [7, 11) is 3.38. The Balaban J connectivity index is 0.00000364. The number of benzene rings is 2. The Kier molecular flexibility index (Phi) is 9.55. The van der Waals surface area contributed by atoms with Gasteiger partial charge in [0.2, 0.25) is 0 Å². The summed E-state index contributed by atoms with van der Waals surface area (Å²) in [4.78, 5) is 14.5. The van der Waals surface area contributed by atoms with Gasteiger partial charge in [0.15, 0.2) is 5.96 Å². The predicted molar refractivity (Wildman–Crippen MR) is 118 cm³/mol. The van der Waals surface area contributed by atoms with Crippen molar-refractivity contribution >= 4 is 35.6 Å². The molecule has 0 bridgehead atoms. The minimum atomic E-state index is -0.405. The number of methoxy groups -OCH3 is 1. The van der Waals surface area contributed by atoms with Crippen molar-refractivity contribution in [1.82, 2.24) is 10.6 Å². The van der Waals surface area contributed by atoms with E-state index in [0.29, 0.717) is 19.0 Å². The van der Waals surface area contributed by atoms with Crippen LogP contribution in [0.3, 0.4) is 0 Å².